The van der Waals surface area contributed by atoms with Crippen molar-refractivity contribution in [1.82, 2.24) is 4.98 Å². The quantitative estimate of drug-likeness (QED) is 0.388. The van der Waals surface area contributed by atoms with Crippen molar-refractivity contribution >= 4 is 32.9 Å². The maximum absolute atomic E-state index is 4.90. The number of aryl methyl sites for hydroxylation is 2. The molecule has 1 aromatic carbocycles. The minimum absolute atomic E-state index is 1.08. The zero-order chi connectivity index (χ0) is 16.5. The average molecular weight is 350 g/mol. The standard InChI is InChI=1S/C21H19NS2/c1-3-5-15-7-9-16(10-8-15)17-13-19(20-6-4-11-23-20)22-21-18(17)12-14(2)24-21/h4,6-13H,3,5H2,1-2H3. The van der Waals surface area contributed by atoms with Crippen LogP contribution in [0.5, 0.6) is 0 Å². The smallest absolute Gasteiger partial charge is 0.124 e. The van der Waals surface area contributed by atoms with Crippen molar-refractivity contribution in [3.63, 3.8) is 0 Å². The van der Waals surface area contributed by atoms with Gasteiger partial charge in [0.1, 0.15) is 4.83 Å². The number of rotatable bonds is 4. The van der Waals surface area contributed by atoms with Gasteiger partial charge >= 0.3 is 0 Å². The number of thiophene rings is 2. The van der Waals surface area contributed by atoms with Crippen LogP contribution in [0, 0.1) is 6.92 Å². The van der Waals surface area contributed by atoms with Gasteiger partial charge in [-0.25, -0.2) is 4.98 Å². The lowest BCUT2D eigenvalue weighted by atomic mass is 9.99. The molecule has 3 heteroatoms. The largest absolute Gasteiger partial charge is 0.236 e. The van der Waals surface area contributed by atoms with Gasteiger partial charge in [0.2, 0.25) is 0 Å². The van der Waals surface area contributed by atoms with Crippen LogP contribution < -0.4 is 0 Å². The molecular formula is C21H19NS2. The Labute approximate surface area is 150 Å². The Morgan fingerprint density at radius 3 is 2.58 bits per heavy atom. The summed E-state index contributed by atoms with van der Waals surface area (Å²) in [6.07, 6.45) is 2.33. The third-order valence-corrected chi connectivity index (χ3v) is 6.04. The van der Waals surface area contributed by atoms with Crippen LogP contribution in [0.3, 0.4) is 0 Å². The topological polar surface area (TPSA) is 12.9 Å². The van der Waals surface area contributed by atoms with E-state index in [2.05, 4.69) is 67.8 Å². The molecule has 0 aliphatic rings. The van der Waals surface area contributed by atoms with Crippen LogP contribution in [0.2, 0.25) is 0 Å². The number of hydrogen-bond acceptors (Lipinski definition) is 3. The van der Waals surface area contributed by atoms with Crippen molar-refractivity contribution in [2.75, 3.05) is 0 Å². The molecule has 0 radical (unpaired) electrons. The molecule has 0 saturated heterocycles. The Morgan fingerprint density at radius 1 is 1.04 bits per heavy atom. The molecule has 0 fully saturated rings. The lowest BCUT2D eigenvalue weighted by Crippen LogP contribution is -1.87. The monoisotopic (exact) mass is 349 g/mol. The van der Waals surface area contributed by atoms with Crippen LogP contribution >= 0.6 is 22.7 Å². The zero-order valence-electron chi connectivity index (χ0n) is 13.9. The van der Waals surface area contributed by atoms with Gasteiger partial charge in [0.05, 0.1) is 10.6 Å². The van der Waals surface area contributed by atoms with E-state index in [0.717, 1.165) is 16.9 Å². The Balaban J connectivity index is 1.89. The third kappa shape index (κ3) is 2.90. The minimum atomic E-state index is 1.08. The first-order valence-electron chi connectivity index (χ1n) is 8.29. The second-order valence-electron chi connectivity index (χ2n) is 6.06. The van der Waals surface area contributed by atoms with Crippen LogP contribution in [-0.4, -0.2) is 4.98 Å². The third-order valence-electron chi connectivity index (χ3n) is 4.21. The van der Waals surface area contributed by atoms with Gasteiger partial charge in [0.15, 0.2) is 0 Å². The average Bonchev–Trinajstić information content (AvgIpc) is 3.23. The Hall–Kier alpha value is -1.97. The molecule has 0 aliphatic heterocycles. The van der Waals surface area contributed by atoms with Crippen molar-refractivity contribution in [3.8, 4) is 21.7 Å². The first kappa shape index (κ1) is 15.6. The molecule has 24 heavy (non-hydrogen) atoms. The summed E-state index contributed by atoms with van der Waals surface area (Å²) >= 11 is 3.52. The van der Waals surface area contributed by atoms with Crippen LogP contribution in [0.4, 0.5) is 0 Å². The highest BCUT2D eigenvalue weighted by Gasteiger charge is 2.12. The maximum Gasteiger partial charge on any atom is 0.124 e. The van der Waals surface area contributed by atoms with Gasteiger partial charge in [-0.15, -0.1) is 22.7 Å². The fourth-order valence-corrected chi connectivity index (χ4v) is 4.65. The molecule has 0 bridgehead atoms. The number of benzene rings is 1. The van der Waals surface area contributed by atoms with E-state index < -0.39 is 0 Å². The van der Waals surface area contributed by atoms with Gasteiger partial charge in [0.25, 0.3) is 0 Å². The number of fused-ring (bicyclic) bond motifs is 1. The minimum Gasteiger partial charge on any atom is -0.236 e. The van der Waals surface area contributed by atoms with Gasteiger partial charge < -0.3 is 0 Å². The molecule has 120 valence electrons. The molecule has 1 nitrogen and oxygen atoms in total. The number of nitrogens with zero attached hydrogens (tertiary/aromatic N) is 1. The molecule has 4 rings (SSSR count). The van der Waals surface area contributed by atoms with E-state index in [1.54, 1.807) is 22.7 Å². The molecule has 0 unspecified atom stereocenters. The van der Waals surface area contributed by atoms with Crippen molar-refractivity contribution in [2.45, 2.75) is 26.7 Å². The van der Waals surface area contributed by atoms with Crippen LogP contribution in [0.25, 0.3) is 31.9 Å². The van der Waals surface area contributed by atoms with Crippen molar-refractivity contribution in [2.24, 2.45) is 0 Å². The SMILES string of the molecule is CCCc1ccc(-c2cc(-c3cccs3)nc3sc(C)cc23)cc1. The molecule has 0 aliphatic carbocycles. The predicted molar refractivity (Wildman–Crippen MR) is 107 cm³/mol. The van der Waals surface area contributed by atoms with E-state index in [1.807, 2.05) is 0 Å². The highest BCUT2D eigenvalue weighted by Crippen LogP contribution is 2.37. The number of hydrogen-bond donors (Lipinski definition) is 0. The van der Waals surface area contributed by atoms with Crippen LogP contribution in [-0.2, 0) is 6.42 Å². The van der Waals surface area contributed by atoms with E-state index >= 15 is 0 Å². The molecule has 0 N–H and O–H groups in total. The first-order chi connectivity index (χ1) is 11.7. The second kappa shape index (κ2) is 6.50. The first-order valence-corrected chi connectivity index (χ1v) is 9.98. The van der Waals surface area contributed by atoms with E-state index in [1.165, 1.54) is 38.3 Å². The summed E-state index contributed by atoms with van der Waals surface area (Å²) in [5, 5.41) is 3.38. The number of aromatic nitrogens is 1. The van der Waals surface area contributed by atoms with Crippen LogP contribution in [0.1, 0.15) is 23.8 Å². The Bertz CT molecular complexity index is 963. The summed E-state index contributed by atoms with van der Waals surface area (Å²) < 4.78 is 0. The summed E-state index contributed by atoms with van der Waals surface area (Å²) in [5.41, 5.74) is 5.05. The highest BCUT2D eigenvalue weighted by atomic mass is 32.1. The van der Waals surface area contributed by atoms with Gasteiger partial charge in [-0.1, -0.05) is 43.7 Å². The van der Waals surface area contributed by atoms with Crippen LogP contribution in [0.15, 0.2) is 53.9 Å². The Kier molecular flexibility index (Phi) is 4.21. The summed E-state index contributed by atoms with van der Waals surface area (Å²) in [7, 11) is 0. The molecule has 0 saturated carbocycles. The van der Waals surface area contributed by atoms with Crippen molar-refractivity contribution in [3.05, 3.63) is 64.4 Å². The van der Waals surface area contributed by atoms with Gasteiger partial charge in [0, 0.05) is 10.3 Å². The highest BCUT2D eigenvalue weighted by molar-refractivity contribution is 7.18. The van der Waals surface area contributed by atoms with Crippen molar-refractivity contribution in [1.29, 1.82) is 0 Å². The molecule has 4 aromatic rings. The lowest BCUT2D eigenvalue weighted by Gasteiger charge is -2.08. The maximum atomic E-state index is 4.90. The summed E-state index contributed by atoms with van der Waals surface area (Å²) in [6, 6.07) is 17.8. The van der Waals surface area contributed by atoms with E-state index in [4.69, 9.17) is 4.98 Å². The van der Waals surface area contributed by atoms with Gasteiger partial charge in [-0.05, 0) is 53.6 Å². The fourth-order valence-electron chi connectivity index (χ4n) is 3.06. The van der Waals surface area contributed by atoms with E-state index in [9.17, 15) is 0 Å². The summed E-state index contributed by atoms with van der Waals surface area (Å²) in [4.78, 5) is 8.57. The van der Waals surface area contributed by atoms with Gasteiger partial charge in [-0.3, -0.25) is 0 Å². The van der Waals surface area contributed by atoms with Crippen molar-refractivity contribution < 1.29 is 0 Å². The van der Waals surface area contributed by atoms with E-state index in [0.29, 0.717) is 0 Å². The molecule has 3 heterocycles. The molecule has 0 spiro atoms. The molecule has 3 aromatic heterocycles. The molecular weight excluding hydrogens is 330 g/mol. The summed E-state index contributed by atoms with van der Waals surface area (Å²) in [5.74, 6) is 0. The Morgan fingerprint density at radius 2 is 1.88 bits per heavy atom. The number of pyridine rings is 1. The predicted octanol–water partition coefficient (Wildman–Crippen LogP) is 6.95. The second-order valence-corrected chi connectivity index (χ2v) is 8.24. The lowest BCUT2D eigenvalue weighted by molar-refractivity contribution is 0.922. The normalized spacial score (nSPS) is 11.2. The molecule has 0 atom stereocenters. The van der Waals surface area contributed by atoms with Gasteiger partial charge in [-0.2, -0.15) is 0 Å². The fraction of sp³-hybridized carbons (Fsp3) is 0.190. The molecule has 0 amide bonds. The summed E-state index contributed by atoms with van der Waals surface area (Å²) in [6.45, 7) is 4.38. The zero-order valence-corrected chi connectivity index (χ0v) is 15.5. The van der Waals surface area contributed by atoms with E-state index in [-0.39, 0.29) is 0 Å².